The van der Waals surface area contributed by atoms with Crippen LogP contribution in [-0.4, -0.2) is 33.3 Å². The van der Waals surface area contributed by atoms with Crippen molar-refractivity contribution in [1.82, 2.24) is 0 Å². The molecule has 0 amide bonds. The second-order valence-electron chi connectivity index (χ2n) is 3.96. The fourth-order valence-corrected chi connectivity index (χ4v) is 2.39. The summed E-state index contributed by atoms with van der Waals surface area (Å²) >= 11 is 0. The number of nitrogens with zero attached hydrogens (tertiary/aromatic N) is 1. The van der Waals surface area contributed by atoms with Crippen molar-refractivity contribution >= 4 is 15.5 Å². The molecule has 7 heteroatoms. The molecule has 0 spiro atoms. The number of benzene rings is 1. The molecule has 2 rings (SSSR count). The van der Waals surface area contributed by atoms with Crippen LogP contribution < -0.4 is 10.6 Å². The molecule has 0 radical (unpaired) electrons. The zero-order valence-electron chi connectivity index (χ0n) is 8.88. The van der Waals surface area contributed by atoms with E-state index in [1.54, 1.807) is 0 Å². The number of sulfone groups is 1. The Hall–Kier alpha value is -1.21. The molecule has 94 valence electrons. The summed E-state index contributed by atoms with van der Waals surface area (Å²) in [6.45, 7) is 1.39. The summed E-state index contributed by atoms with van der Waals surface area (Å²) in [4.78, 5) is 1.59. The summed E-state index contributed by atoms with van der Waals surface area (Å²) in [5.74, 6) is -3.38. The summed E-state index contributed by atoms with van der Waals surface area (Å²) in [5.41, 5.74) is 6.40. The second kappa shape index (κ2) is 4.23. The van der Waals surface area contributed by atoms with E-state index < -0.39 is 15.6 Å². The highest BCUT2D eigenvalue weighted by molar-refractivity contribution is 7.91. The predicted molar refractivity (Wildman–Crippen MR) is 59.8 cm³/mol. The minimum Gasteiger partial charge on any atom is -0.368 e. The molecular formula is C10H12F2N2O2S. The van der Waals surface area contributed by atoms with Gasteiger partial charge in [-0.2, -0.15) is 8.78 Å². The molecule has 0 bridgehead atoms. The first kappa shape index (κ1) is 12.3. The minimum atomic E-state index is -4.50. The molecule has 1 aliphatic heterocycles. The molecule has 1 saturated heterocycles. The molecule has 0 unspecified atom stereocenters. The Morgan fingerprint density at radius 1 is 1.24 bits per heavy atom. The van der Waals surface area contributed by atoms with E-state index in [0.717, 1.165) is 5.69 Å². The van der Waals surface area contributed by atoms with Crippen LogP contribution in [0, 0.1) is 0 Å². The van der Waals surface area contributed by atoms with E-state index in [2.05, 4.69) is 0 Å². The largest absolute Gasteiger partial charge is 0.368 e. The number of anilines is 1. The first-order chi connectivity index (χ1) is 7.91. The molecular weight excluding hydrogens is 250 g/mol. The predicted octanol–water partition coefficient (Wildman–Crippen LogP) is 0.830. The molecule has 1 aromatic rings. The highest BCUT2D eigenvalue weighted by atomic mass is 32.2. The average Bonchev–Trinajstić information content (AvgIpc) is 2.25. The van der Waals surface area contributed by atoms with Crippen molar-refractivity contribution < 1.29 is 17.2 Å². The Morgan fingerprint density at radius 2 is 1.76 bits per heavy atom. The Labute approximate surface area is 97.9 Å². The quantitative estimate of drug-likeness (QED) is 0.876. The van der Waals surface area contributed by atoms with Gasteiger partial charge < -0.3 is 10.6 Å². The highest BCUT2D eigenvalue weighted by Gasteiger charge is 2.27. The molecule has 0 aliphatic carbocycles. The van der Waals surface area contributed by atoms with Crippen LogP contribution in [0.4, 0.5) is 14.5 Å². The maximum atomic E-state index is 12.3. The van der Waals surface area contributed by atoms with Crippen molar-refractivity contribution in [3.63, 3.8) is 0 Å². The van der Waals surface area contributed by atoms with Gasteiger partial charge in [-0.05, 0) is 24.3 Å². The molecule has 0 saturated carbocycles. The first-order valence-electron chi connectivity index (χ1n) is 5.04. The van der Waals surface area contributed by atoms with Crippen LogP contribution in [0.5, 0.6) is 0 Å². The van der Waals surface area contributed by atoms with E-state index in [1.165, 1.54) is 24.3 Å². The summed E-state index contributed by atoms with van der Waals surface area (Å²) < 4.78 is 46.9. The summed E-state index contributed by atoms with van der Waals surface area (Å²) in [5, 5.41) is 0. The van der Waals surface area contributed by atoms with Crippen molar-refractivity contribution in [3.8, 4) is 0 Å². The standard InChI is InChI=1S/C10H12F2N2O2S/c11-10(12)17(15,16)9-3-1-8(2-4-9)14-5-7(13)6-14/h1-4,7,10H,5-6,13H2. The van der Waals surface area contributed by atoms with Crippen LogP contribution >= 0.6 is 0 Å². The van der Waals surface area contributed by atoms with E-state index in [4.69, 9.17) is 5.73 Å². The lowest BCUT2D eigenvalue weighted by Crippen LogP contribution is -2.55. The van der Waals surface area contributed by atoms with Crippen molar-refractivity contribution in [2.24, 2.45) is 5.73 Å². The van der Waals surface area contributed by atoms with Crippen LogP contribution in [0.2, 0.25) is 0 Å². The van der Waals surface area contributed by atoms with Crippen LogP contribution in [0.1, 0.15) is 0 Å². The SMILES string of the molecule is NC1CN(c2ccc(S(=O)(=O)C(F)F)cc2)C1. The monoisotopic (exact) mass is 262 g/mol. The normalized spacial score (nSPS) is 17.3. The first-order valence-corrected chi connectivity index (χ1v) is 6.58. The Kier molecular flexibility index (Phi) is 3.05. The van der Waals surface area contributed by atoms with Crippen LogP contribution in [0.3, 0.4) is 0 Å². The van der Waals surface area contributed by atoms with Gasteiger partial charge in [-0.15, -0.1) is 0 Å². The summed E-state index contributed by atoms with van der Waals surface area (Å²) in [7, 11) is -4.50. The van der Waals surface area contributed by atoms with Gasteiger partial charge in [-0.3, -0.25) is 0 Å². The maximum Gasteiger partial charge on any atom is 0.341 e. The van der Waals surface area contributed by atoms with Crippen molar-refractivity contribution in [1.29, 1.82) is 0 Å². The van der Waals surface area contributed by atoms with Crippen LogP contribution in [-0.2, 0) is 9.84 Å². The van der Waals surface area contributed by atoms with Crippen LogP contribution in [0.25, 0.3) is 0 Å². The van der Waals surface area contributed by atoms with E-state index in [-0.39, 0.29) is 10.9 Å². The number of alkyl halides is 2. The zero-order chi connectivity index (χ0) is 12.6. The Bertz CT molecular complexity index is 496. The molecule has 1 aromatic carbocycles. The molecule has 17 heavy (non-hydrogen) atoms. The van der Waals surface area contributed by atoms with Crippen molar-refractivity contribution in [2.75, 3.05) is 18.0 Å². The number of hydrogen-bond acceptors (Lipinski definition) is 4. The van der Waals surface area contributed by atoms with Crippen molar-refractivity contribution in [2.45, 2.75) is 16.7 Å². The lowest BCUT2D eigenvalue weighted by atomic mass is 10.1. The third kappa shape index (κ3) is 2.25. The van der Waals surface area contributed by atoms with Gasteiger partial charge in [0.2, 0.25) is 9.84 Å². The zero-order valence-corrected chi connectivity index (χ0v) is 9.70. The third-order valence-electron chi connectivity index (χ3n) is 2.67. The molecule has 4 nitrogen and oxygen atoms in total. The van der Waals surface area contributed by atoms with Gasteiger partial charge in [0.25, 0.3) is 0 Å². The lowest BCUT2D eigenvalue weighted by molar-refractivity contribution is 0.234. The molecule has 0 atom stereocenters. The molecule has 0 aromatic heterocycles. The van der Waals surface area contributed by atoms with Gasteiger partial charge in [0.1, 0.15) is 0 Å². The van der Waals surface area contributed by atoms with Gasteiger partial charge >= 0.3 is 5.76 Å². The number of hydrogen-bond donors (Lipinski definition) is 1. The van der Waals surface area contributed by atoms with Crippen molar-refractivity contribution in [3.05, 3.63) is 24.3 Å². The fraction of sp³-hybridized carbons (Fsp3) is 0.400. The minimum absolute atomic E-state index is 0.125. The number of rotatable bonds is 3. The van der Waals surface area contributed by atoms with Gasteiger partial charge in [0.05, 0.1) is 4.90 Å². The average molecular weight is 262 g/mol. The number of nitrogens with two attached hydrogens (primary N) is 1. The Morgan fingerprint density at radius 3 is 2.18 bits per heavy atom. The molecule has 2 N–H and O–H groups in total. The third-order valence-corrected chi connectivity index (χ3v) is 4.07. The van der Waals surface area contributed by atoms with E-state index in [9.17, 15) is 17.2 Å². The van der Waals surface area contributed by atoms with Gasteiger partial charge in [-0.25, -0.2) is 8.42 Å². The fourth-order valence-electron chi connectivity index (χ4n) is 1.67. The highest BCUT2D eigenvalue weighted by Crippen LogP contribution is 2.24. The molecule has 1 fully saturated rings. The molecule has 1 aliphatic rings. The van der Waals surface area contributed by atoms with Gasteiger partial charge in [-0.1, -0.05) is 0 Å². The van der Waals surface area contributed by atoms with E-state index in [0.29, 0.717) is 13.1 Å². The van der Waals surface area contributed by atoms with E-state index in [1.807, 2.05) is 4.90 Å². The van der Waals surface area contributed by atoms with E-state index >= 15 is 0 Å². The topological polar surface area (TPSA) is 63.4 Å². The second-order valence-corrected chi connectivity index (χ2v) is 5.88. The summed E-state index contributed by atoms with van der Waals surface area (Å²) in [6.07, 6.45) is 0. The van der Waals surface area contributed by atoms with Gasteiger partial charge in [0, 0.05) is 24.8 Å². The molecule has 1 heterocycles. The maximum absolute atomic E-state index is 12.3. The van der Waals surface area contributed by atoms with Crippen LogP contribution in [0.15, 0.2) is 29.2 Å². The summed E-state index contributed by atoms with van der Waals surface area (Å²) in [6, 6.07) is 5.54. The lowest BCUT2D eigenvalue weighted by Gasteiger charge is -2.38. The van der Waals surface area contributed by atoms with Gasteiger partial charge in [0.15, 0.2) is 0 Å². The number of halogens is 2. The smallest absolute Gasteiger partial charge is 0.341 e. The Balaban J connectivity index is 2.19.